The first kappa shape index (κ1) is 23.3. The minimum Gasteiger partial charge on any atom is -0.497 e. The Labute approximate surface area is 213 Å². The number of fused-ring (bicyclic) bond motifs is 3. The van der Waals surface area contributed by atoms with Gasteiger partial charge in [-0.1, -0.05) is 13.0 Å². The molecule has 1 saturated carbocycles. The molecule has 37 heavy (non-hydrogen) atoms. The number of anilines is 3. The fourth-order valence-corrected chi connectivity index (χ4v) is 6.01. The summed E-state index contributed by atoms with van der Waals surface area (Å²) in [7, 11) is -0.340. The van der Waals surface area contributed by atoms with Gasteiger partial charge in [-0.25, -0.2) is 13.4 Å². The number of methoxy groups -OCH3 is 2. The molecule has 2 aromatic carbocycles. The van der Waals surface area contributed by atoms with Gasteiger partial charge in [0.15, 0.2) is 27.2 Å². The largest absolute Gasteiger partial charge is 0.497 e. The van der Waals surface area contributed by atoms with Crippen LogP contribution in [0.25, 0.3) is 10.9 Å². The normalized spacial score (nSPS) is 20.1. The van der Waals surface area contributed by atoms with Crippen LogP contribution in [-0.4, -0.2) is 49.5 Å². The van der Waals surface area contributed by atoms with Crippen LogP contribution in [0.15, 0.2) is 53.6 Å². The molecule has 0 radical (unpaired) electrons. The molecule has 0 saturated heterocycles. The van der Waals surface area contributed by atoms with Gasteiger partial charge in [0.05, 0.1) is 35.8 Å². The highest BCUT2D eigenvalue weighted by molar-refractivity contribution is 7.91. The zero-order valence-corrected chi connectivity index (χ0v) is 21.3. The number of benzene rings is 2. The zero-order chi connectivity index (χ0) is 25.9. The predicted octanol–water partition coefficient (Wildman–Crippen LogP) is 3.89. The first-order valence-corrected chi connectivity index (χ1v) is 13.5. The van der Waals surface area contributed by atoms with Gasteiger partial charge in [-0.3, -0.25) is 9.89 Å². The summed E-state index contributed by atoms with van der Waals surface area (Å²) in [6.45, 7) is 1.58. The van der Waals surface area contributed by atoms with Crippen molar-refractivity contribution in [2.45, 2.75) is 29.6 Å². The highest BCUT2D eigenvalue weighted by atomic mass is 32.2. The van der Waals surface area contributed by atoms with Crippen LogP contribution in [0.5, 0.6) is 11.5 Å². The van der Waals surface area contributed by atoms with Crippen molar-refractivity contribution >= 4 is 44.0 Å². The van der Waals surface area contributed by atoms with Crippen molar-refractivity contribution in [3.63, 3.8) is 0 Å². The number of rotatable bonds is 7. The molecule has 11 heteroatoms. The van der Waals surface area contributed by atoms with E-state index in [0.29, 0.717) is 17.4 Å². The minimum atomic E-state index is -3.41. The highest BCUT2D eigenvalue weighted by Crippen LogP contribution is 2.65. The maximum atomic E-state index is 13.0. The quantitative estimate of drug-likeness (QED) is 0.335. The number of hydrogen-bond acceptors (Lipinski definition) is 8. The number of aromatic amines is 1. The molecule has 2 atom stereocenters. The lowest BCUT2D eigenvalue weighted by atomic mass is 9.91. The molecule has 3 heterocycles. The summed E-state index contributed by atoms with van der Waals surface area (Å²) in [4.78, 5) is 17.4. The third-order valence-electron chi connectivity index (χ3n) is 7.33. The minimum absolute atomic E-state index is 0.0134. The second-order valence-electron chi connectivity index (χ2n) is 9.22. The molecule has 190 valence electrons. The molecule has 3 N–H and O–H groups in total. The van der Waals surface area contributed by atoms with Crippen LogP contribution in [0.2, 0.25) is 0 Å². The fourth-order valence-electron chi connectivity index (χ4n) is 5.17. The zero-order valence-electron chi connectivity index (χ0n) is 20.5. The Morgan fingerprint density at radius 2 is 1.95 bits per heavy atom. The van der Waals surface area contributed by atoms with Gasteiger partial charge in [-0.2, -0.15) is 5.10 Å². The molecule has 1 spiro atoms. The molecular weight excluding hydrogens is 494 g/mol. The Balaban J connectivity index is 1.30. The Bertz CT molecular complexity index is 1680. The van der Waals surface area contributed by atoms with Gasteiger partial charge in [0.25, 0.3) is 0 Å². The van der Waals surface area contributed by atoms with E-state index in [-0.39, 0.29) is 22.5 Å². The van der Waals surface area contributed by atoms with E-state index in [2.05, 4.69) is 25.8 Å². The number of nitrogens with zero attached hydrogens (tertiary/aromatic N) is 2. The predicted molar refractivity (Wildman–Crippen MR) is 139 cm³/mol. The van der Waals surface area contributed by atoms with Crippen molar-refractivity contribution in [2.24, 2.45) is 0 Å². The average molecular weight is 520 g/mol. The number of amides is 1. The number of sulfone groups is 1. The summed E-state index contributed by atoms with van der Waals surface area (Å²) in [6, 6.07) is 13.1. The summed E-state index contributed by atoms with van der Waals surface area (Å²) in [5.74, 6) is 1.93. The molecule has 0 bridgehead atoms. The standard InChI is InChI=1S/C26H25N5O5S/c1-4-37(33,34)16-11-22(36-3)24(27-13-16)29-23-17-7-5-14(9-21(17)30-31-23)19-12-26(19)18-10-15(35-2)6-8-20(18)28-25(26)32/h5-11,13,19H,4,12H2,1-3H3,(H,28,32)(H2,27,29,30,31)/t19-,26-/m0/s1. The van der Waals surface area contributed by atoms with Crippen LogP contribution < -0.4 is 20.1 Å². The molecule has 10 nitrogen and oxygen atoms in total. The van der Waals surface area contributed by atoms with E-state index < -0.39 is 15.3 Å². The van der Waals surface area contributed by atoms with Gasteiger partial charge in [-0.05, 0) is 47.9 Å². The van der Waals surface area contributed by atoms with Crippen LogP contribution >= 0.6 is 0 Å². The maximum absolute atomic E-state index is 13.0. The van der Waals surface area contributed by atoms with Crippen LogP contribution in [0.3, 0.4) is 0 Å². The fraction of sp³-hybridized carbons (Fsp3) is 0.269. The summed E-state index contributed by atoms with van der Waals surface area (Å²) in [6.07, 6.45) is 2.03. The Morgan fingerprint density at radius 3 is 2.70 bits per heavy atom. The molecule has 1 fully saturated rings. The lowest BCUT2D eigenvalue weighted by Crippen LogP contribution is -2.21. The SMILES string of the molecule is CCS(=O)(=O)c1cnc(Nc2n[nH]c3cc([C@@H]4C[C@@]45C(=O)Nc4ccc(OC)cc45)ccc23)c(OC)c1. The van der Waals surface area contributed by atoms with Gasteiger partial charge in [-0.15, -0.1) is 0 Å². The van der Waals surface area contributed by atoms with Crippen molar-refractivity contribution in [1.82, 2.24) is 15.2 Å². The van der Waals surface area contributed by atoms with Crippen molar-refractivity contribution in [2.75, 3.05) is 30.6 Å². The number of carbonyl (C=O) groups is 1. The second kappa shape index (κ2) is 8.20. The third kappa shape index (κ3) is 3.52. The van der Waals surface area contributed by atoms with Gasteiger partial charge in [0.2, 0.25) is 5.91 Å². The van der Waals surface area contributed by atoms with E-state index >= 15 is 0 Å². The topological polar surface area (TPSA) is 135 Å². The number of H-pyrrole nitrogens is 1. The molecule has 1 aliphatic carbocycles. The number of aromatic nitrogens is 3. The van der Waals surface area contributed by atoms with E-state index in [4.69, 9.17) is 9.47 Å². The summed E-state index contributed by atoms with van der Waals surface area (Å²) in [5.41, 5.74) is 3.06. The number of ether oxygens (including phenoxy) is 2. The number of hydrogen-bond donors (Lipinski definition) is 3. The summed E-state index contributed by atoms with van der Waals surface area (Å²) < 4.78 is 35.2. The first-order chi connectivity index (χ1) is 17.8. The van der Waals surface area contributed by atoms with E-state index in [9.17, 15) is 13.2 Å². The van der Waals surface area contributed by atoms with Crippen LogP contribution in [0.4, 0.5) is 17.3 Å². The molecule has 2 aromatic heterocycles. The molecule has 1 amide bonds. The van der Waals surface area contributed by atoms with Crippen LogP contribution in [0, 0.1) is 0 Å². The number of pyridine rings is 1. The van der Waals surface area contributed by atoms with E-state index in [1.54, 1.807) is 14.0 Å². The van der Waals surface area contributed by atoms with Crippen molar-refractivity contribution in [3.8, 4) is 11.5 Å². The molecule has 2 aliphatic rings. The summed E-state index contributed by atoms with van der Waals surface area (Å²) >= 11 is 0. The van der Waals surface area contributed by atoms with Crippen LogP contribution in [-0.2, 0) is 20.0 Å². The second-order valence-corrected chi connectivity index (χ2v) is 11.5. The number of carbonyl (C=O) groups excluding carboxylic acids is 1. The highest BCUT2D eigenvalue weighted by Gasteiger charge is 2.65. The molecule has 4 aromatic rings. The van der Waals surface area contributed by atoms with Crippen molar-refractivity contribution in [1.29, 1.82) is 0 Å². The summed E-state index contributed by atoms with van der Waals surface area (Å²) in [5, 5.41) is 14.4. The third-order valence-corrected chi connectivity index (χ3v) is 9.04. The molecule has 6 rings (SSSR count). The van der Waals surface area contributed by atoms with Crippen molar-refractivity contribution < 1.29 is 22.7 Å². The van der Waals surface area contributed by atoms with Gasteiger partial charge >= 0.3 is 0 Å². The van der Waals surface area contributed by atoms with Gasteiger partial charge < -0.3 is 20.1 Å². The Kier molecular flexibility index (Phi) is 5.16. The van der Waals surface area contributed by atoms with E-state index in [1.165, 1.54) is 19.4 Å². The molecule has 0 unspecified atom stereocenters. The van der Waals surface area contributed by atoms with E-state index in [1.807, 2.05) is 36.4 Å². The molecular formula is C26H25N5O5S. The first-order valence-electron chi connectivity index (χ1n) is 11.8. The Hall–Kier alpha value is -4.12. The lowest BCUT2D eigenvalue weighted by Gasteiger charge is -2.11. The maximum Gasteiger partial charge on any atom is 0.235 e. The van der Waals surface area contributed by atoms with Gasteiger partial charge in [0.1, 0.15) is 5.75 Å². The van der Waals surface area contributed by atoms with E-state index in [0.717, 1.165) is 39.9 Å². The van der Waals surface area contributed by atoms with Crippen molar-refractivity contribution in [3.05, 3.63) is 59.8 Å². The van der Waals surface area contributed by atoms with Crippen LogP contribution in [0.1, 0.15) is 30.4 Å². The Morgan fingerprint density at radius 1 is 1.11 bits per heavy atom. The smallest absolute Gasteiger partial charge is 0.235 e. The average Bonchev–Trinajstić information content (AvgIpc) is 3.47. The van der Waals surface area contributed by atoms with Gasteiger partial charge in [0, 0.05) is 29.3 Å². The monoisotopic (exact) mass is 519 g/mol. The lowest BCUT2D eigenvalue weighted by molar-refractivity contribution is -0.118. The number of nitrogens with one attached hydrogen (secondary N) is 3. The molecule has 1 aliphatic heterocycles.